The van der Waals surface area contributed by atoms with Gasteiger partial charge in [-0.2, -0.15) is 0 Å². The minimum absolute atomic E-state index is 0.00860. The van der Waals surface area contributed by atoms with Crippen LogP contribution in [0.25, 0.3) is 6.08 Å². The normalized spacial score (nSPS) is 18.9. The number of nitrogens with one attached hydrogen (secondary N) is 1. The predicted molar refractivity (Wildman–Crippen MR) is 156 cm³/mol. The Bertz CT molecular complexity index is 1330. The molecule has 5 nitrogen and oxygen atoms in total. The van der Waals surface area contributed by atoms with Gasteiger partial charge in [0.1, 0.15) is 0 Å². The molecule has 0 radical (unpaired) electrons. The summed E-state index contributed by atoms with van der Waals surface area (Å²) >= 11 is 1.50. The topological polar surface area (TPSA) is 52.7 Å². The number of piperidine rings is 1. The van der Waals surface area contributed by atoms with Crippen LogP contribution in [0.5, 0.6) is 0 Å². The third-order valence-electron chi connectivity index (χ3n) is 7.52. The second-order valence-corrected chi connectivity index (χ2v) is 11.2. The first-order chi connectivity index (χ1) is 18.5. The number of fused-ring (bicyclic) bond motifs is 1. The van der Waals surface area contributed by atoms with E-state index in [0.717, 1.165) is 34.8 Å². The van der Waals surface area contributed by atoms with E-state index in [1.807, 2.05) is 65.6 Å². The number of benzene rings is 3. The molecular formula is C32H35N3O2S. The summed E-state index contributed by atoms with van der Waals surface area (Å²) in [5.41, 5.74) is 4.77. The van der Waals surface area contributed by atoms with E-state index < -0.39 is 0 Å². The fraction of sp³-hybridized carbons (Fsp3) is 0.312. The number of carbonyl (C=O) groups excluding carboxylic acids is 2. The zero-order valence-electron chi connectivity index (χ0n) is 22.2. The van der Waals surface area contributed by atoms with E-state index in [1.54, 1.807) is 0 Å². The van der Waals surface area contributed by atoms with E-state index in [4.69, 9.17) is 0 Å². The summed E-state index contributed by atoms with van der Waals surface area (Å²) in [5, 5.41) is 3.06. The highest BCUT2D eigenvalue weighted by Gasteiger charge is 2.29. The van der Waals surface area contributed by atoms with Crippen LogP contribution in [0, 0.1) is 6.92 Å². The van der Waals surface area contributed by atoms with Gasteiger partial charge in [0.25, 0.3) is 11.8 Å². The summed E-state index contributed by atoms with van der Waals surface area (Å²) in [6.45, 7) is 7.52. The smallest absolute Gasteiger partial charge is 0.265 e. The largest absolute Gasteiger partial charge is 0.351 e. The molecule has 1 fully saturated rings. The molecule has 0 aliphatic carbocycles. The minimum atomic E-state index is -0.0599. The van der Waals surface area contributed by atoms with E-state index in [-0.39, 0.29) is 11.8 Å². The molecule has 1 atom stereocenters. The molecule has 1 unspecified atom stereocenters. The van der Waals surface area contributed by atoms with Gasteiger partial charge in [0, 0.05) is 29.6 Å². The quantitative estimate of drug-likeness (QED) is 0.369. The van der Waals surface area contributed by atoms with Crippen LogP contribution in [0.4, 0.5) is 5.69 Å². The predicted octanol–water partition coefficient (Wildman–Crippen LogP) is 6.28. The molecule has 0 spiro atoms. The monoisotopic (exact) mass is 525 g/mol. The standard InChI is InChI=1S/C32H35N3O2S/c1-23-9-3-4-11-27(23)22-35-28-12-5-6-13-29(28)38-30(32(35)37)21-25-14-16-26(17-15-25)31(36)33-18-20-34-19-8-7-10-24(34)2/h3-6,9,11-17,21,24H,7-8,10,18-20,22H2,1-2H3,(H,33,36)/b30-21+. The van der Waals surface area contributed by atoms with Crippen LogP contribution in [-0.2, 0) is 11.3 Å². The molecule has 3 aromatic rings. The molecule has 5 rings (SSSR count). The number of hydrogen-bond donors (Lipinski definition) is 1. The van der Waals surface area contributed by atoms with Crippen molar-refractivity contribution in [1.29, 1.82) is 0 Å². The van der Waals surface area contributed by atoms with Gasteiger partial charge in [0.05, 0.1) is 17.1 Å². The molecule has 2 amide bonds. The van der Waals surface area contributed by atoms with E-state index in [0.29, 0.717) is 29.6 Å². The number of thioether (sulfide) groups is 1. The molecule has 2 aliphatic rings. The fourth-order valence-corrected chi connectivity index (χ4v) is 6.22. The minimum Gasteiger partial charge on any atom is -0.351 e. The van der Waals surface area contributed by atoms with Crippen LogP contribution in [-0.4, -0.2) is 42.4 Å². The molecule has 38 heavy (non-hydrogen) atoms. The Kier molecular flexibility index (Phi) is 8.30. The Balaban J connectivity index is 1.27. The van der Waals surface area contributed by atoms with Crippen molar-refractivity contribution < 1.29 is 9.59 Å². The van der Waals surface area contributed by atoms with Gasteiger partial charge in [-0.1, -0.05) is 66.7 Å². The number of carbonyl (C=O) groups is 2. The first-order valence-electron chi connectivity index (χ1n) is 13.5. The van der Waals surface area contributed by atoms with Crippen LogP contribution in [0.3, 0.4) is 0 Å². The van der Waals surface area contributed by atoms with Crippen LogP contribution in [0.1, 0.15) is 53.2 Å². The van der Waals surface area contributed by atoms with Crippen molar-refractivity contribution in [3.05, 3.63) is 100.0 Å². The van der Waals surface area contributed by atoms with Gasteiger partial charge < -0.3 is 10.2 Å². The Morgan fingerprint density at radius 3 is 2.58 bits per heavy atom. The summed E-state index contributed by atoms with van der Waals surface area (Å²) in [7, 11) is 0. The SMILES string of the molecule is Cc1ccccc1CN1C(=O)/C(=C\c2ccc(C(=O)NCCN3CCCCC3C)cc2)Sc2ccccc21. The van der Waals surface area contributed by atoms with E-state index >= 15 is 0 Å². The number of likely N-dealkylation sites (tertiary alicyclic amines) is 1. The highest BCUT2D eigenvalue weighted by molar-refractivity contribution is 8.04. The van der Waals surface area contributed by atoms with Gasteiger partial charge in [-0.05, 0) is 80.3 Å². The molecule has 0 bridgehead atoms. The van der Waals surface area contributed by atoms with Crippen molar-refractivity contribution >= 4 is 35.3 Å². The van der Waals surface area contributed by atoms with Gasteiger partial charge >= 0.3 is 0 Å². The van der Waals surface area contributed by atoms with E-state index in [1.165, 1.54) is 36.6 Å². The number of hydrogen-bond acceptors (Lipinski definition) is 4. The van der Waals surface area contributed by atoms with Gasteiger partial charge in [0.2, 0.25) is 0 Å². The number of anilines is 1. The number of amides is 2. The van der Waals surface area contributed by atoms with E-state index in [9.17, 15) is 9.59 Å². The third-order valence-corrected chi connectivity index (χ3v) is 8.59. The molecule has 1 N–H and O–H groups in total. The summed E-state index contributed by atoms with van der Waals surface area (Å²) in [6.07, 6.45) is 5.70. The number of nitrogens with zero attached hydrogens (tertiary/aromatic N) is 2. The number of rotatable bonds is 7. The summed E-state index contributed by atoms with van der Waals surface area (Å²) in [5.74, 6) is -0.0685. The lowest BCUT2D eigenvalue weighted by Gasteiger charge is -2.33. The van der Waals surface area contributed by atoms with Gasteiger partial charge in [-0.15, -0.1) is 0 Å². The fourth-order valence-electron chi connectivity index (χ4n) is 5.16. The zero-order chi connectivity index (χ0) is 26.5. The molecule has 0 saturated carbocycles. The molecule has 3 aromatic carbocycles. The first-order valence-corrected chi connectivity index (χ1v) is 14.3. The first kappa shape index (κ1) is 26.3. The number of aryl methyl sites for hydroxylation is 1. The van der Waals surface area contributed by atoms with Crippen molar-refractivity contribution in [2.24, 2.45) is 0 Å². The molecule has 2 aliphatic heterocycles. The Morgan fingerprint density at radius 1 is 1.03 bits per heavy atom. The van der Waals surface area contributed by atoms with Gasteiger partial charge in [-0.25, -0.2) is 0 Å². The maximum Gasteiger partial charge on any atom is 0.265 e. The lowest BCUT2D eigenvalue weighted by molar-refractivity contribution is -0.114. The highest BCUT2D eigenvalue weighted by Crippen LogP contribution is 2.42. The lowest BCUT2D eigenvalue weighted by atomic mass is 10.0. The third kappa shape index (κ3) is 6.03. The summed E-state index contributed by atoms with van der Waals surface area (Å²) < 4.78 is 0. The van der Waals surface area contributed by atoms with Gasteiger partial charge in [-0.3, -0.25) is 14.5 Å². The summed E-state index contributed by atoms with van der Waals surface area (Å²) in [4.78, 5) is 32.4. The van der Waals surface area contributed by atoms with Crippen LogP contribution >= 0.6 is 11.8 Å². The Labute approximate surface area is 229 Å². The van der Waals surface area contributed by atoms with Crippen molar-refractivity contribution in [3.63, 3.8) is 0 Å². The van der Waals surface area contributed by atoms with Gasteiger partial charge in [0.15, 0.2) is 0 Å². The second-order valence-electron chi connectivity index (χ2n) is 10.2. The molecule has 196 valence electrons. The van der Waals surface area contributed by atoms with Crippen molar-refractivity contribution in [2.75, 3.05) is 24.5 Å². The molecule has 1 saturated heterocycles. The highest BCUT2D eigenvalue weighted by atomic mass is 32.2. The van der Waals surface area contributed by atoms with Crippen LogP contribution in [0.2, 0.25) is 0 Å². The molecule has 6 heteroatoms. The van der Waals surface area contributed by atoms with Crippen molar-refractivity contribution in [1.82, 2.24) is 10.2 Å². The molecule has 2 heterocycles. The van der Waals surface area contributed by atoms with Crippen LogP contribution in [0.15, 0.2) is 82.6 Å². The van der Waals surface area contributed by atoms with Crippen molar-refractivity contribution in [2.45, 2.75) is 50.6 Å². The van der Waals surface area contributed by atoms with Crippen molar-refractivity contribution in [3.8, 4) is 0 Å². The number of para-hydroxylation sites is 1. The Morgan fingerprint density at radius 2 is 1.79 bits per heavy atom. The summed E-state index contributed by atoms with van der Waals surface area (Å²) in [6, 6.07) is 24.3. The Hall–Kier alpha value is -3.35. The molecule has 0 aromatic heterocycles. The zero-order valence-corrected chi connectivity index (χ0v) is 23.0. The molecular weight excluding hydrogens is 490 g/mol. The van der Waals surface area contributed by atoms with Crippen LogP contribution < -0.4 is 10.2 Å². The van der Waals surface area contributed by atoms with E-state index in [2.05, 4.69) is 42.3 Å². The average Bonchev–Trinajstić information content (AvgIpc) is 2.93. The average molecular weight is 526 g/mol. The maximum atomic E-state index is 13.6. The second kappa shape index (κ2) is 12.0. The lowest BCUT2D eigenvalue weighted by Crippen LogP contribution is -2.42. The maximum absolute atomic E-state index is 13.6.